The smallest absolute Gasteiger partial charge is 0.215 e. The van der Waals surface area contributed by atoms with E-state index < -0.39 is 15.8 Å². The molecule has 0 radical (unpaired) electrons. The maximum absolute atomic E-state index is 13.3. The molecule has 18 heavy (non-hydrogen) atoms. The Morgan fingerprint density at radius 3 is 2.61 bits per heavy atom. The first-order valence-corrected chi connectivity index (χ1v) is 7.53. The molecule has 5 nitrogen and oxygen atoms in total. The number of hydrogen-bond acceptors (Lipinski definition) is 4. The minimum absolute atomic E-state index is 0.0862. The highest BCUT2D eigenvalue weighted by atomic mass is 79.9. The molecule has 0 unspecified atom stereocenters. The van der Waals surface area contributed by atoms with Gasteiger partial charge >= 0.3 is 0 Å². The monoisotopic (exact) mass is 339 g/mol. The van der Waals surface area contributed by atoms with Crippen LogP contribution in [0.2, 0.25) is 0 Å². The van der Waals surface area contributed by atoms with Gasteiger partial charge in [-0.25, -0.2) is 17.1 Å². The number of nitrogens with zero attached hydrogens (tertiary/aromatic N) is 1. The summed E-state index contributed by atoms with van der Waals surface area (Å²) in [4.78, 5) is 0. The van der Waals surface area contributed by atoms with Crippen LogP contribution in [0.25, 0.3) is 0 Å². The highest BCUT2D eigenvalue weighted by Gasteiger charge is 2.13. The summed E-state index contributed by atoms with van der Waals surface area (Å²) in [5, 5.41) is 2.80. The molecule has 8 heteroatoms. The number of nitrogens with one attached hydrogen (secondary N) is 1. The van der Waals surface area contributed by atoms with Crippen molar-refractivity contribution in [2.75, 3.05) is 37.4 Å². The lowest BCUT2D eigenvalue weighted by Crippen LogP contribution is -2.28. The lowest BCUT2D eigenvalue weighted by molar-refractivity contribution is 0.521. The van der Waals surface area contributed by atoms with Crippen LogP contribution in [0, 0.1) is 5.82 Å². The summed E-state index contributed by atoms with van der Waals surface area (Å²) < 4.78 is 37.7. The quantitative estimate of drug-likeness (QED) is 0.796. The highest BCUT2D eigenvalue weighted by Crippen LogP contribution is 2.26. The van der Waals surface area contributed by atoms with Crippen LogP contribution in [0.3, 0.4) is 0 Å². The first kappa shape index (κ1) is 15.2. The van der Waals surface area contributed by atoms with Crippen LogP contribution in [-0.4, -0.2) is 39.1 Å². The summed E-state index contributed by atoms with van der Waals surface area (Å²) in [6.45, 7) is 0.159. The molecular formula is C10H15BrFN3O2S. The number of nitrogens with two attached hydrogens (primary N) is 1. The summed E-state index contributed by atoms with van der Waals surface area (Å²) in [7, 11) is -0.350. The number of hydrogen-bond donors (Lipinski definition) is 2. The molecule has 0 aliphatic rings. The molecule has 0 atom stereocenters. The number of nitrogen functional groups attached to an aromatic ring is 1. The Morgan fingerprint density at radius 1 is 1.44 bits per heavy atom. The van der Waals surface area contributed by atoms with Crippen LogP contribution in [0.4, 0.5) is 15.8 Å². The van der Waals surface area contributed by atoms with Crippen molar-refractivity contribution in [2.45, 2.75) is 0 Å². The van der Waals surface area contributed by atoms with E-state index in [1.54, 1.807) is 0 Å². The molecule has 0 aliphatic carbocycles. The molecule has 0 bridgehead atoms. The van der Waals surface area contributed by atoms with Gasteiger partial charge in [0.2, 0.25) is 10.0 Å². The number of benzene rings is 1. The fraction of sp³-hybridized carbons (Fsp3) is 0.400. The summed E-state index contributed by atoms with van der Waals surface area (Å²) in [6.07, 6.45) is 0. The Morgan fingerprint density at radius 2 is 2.06 bits per heavy atom. The molecular weight excluding hydrogens is 325 g/mol. The van der Waals surface area contributed by atoms with Crippen molar-refractivity contribution in [2.24, 2.45) is 0 Å². The van der Waals surface area contributed by atoms with E-state index in [1.165, 1.54) is 26.2 Å². The second kappa shape index (κ2) is 5.85. The predicted molar refractivity (Wildman–Crippen MR) is 74.5 cm³/mol. The van der Waals surface area contributed by atoms with Crippen molar-refractivity contribution in [3.63, 3.8) is 0 Å². The highest BCUT2D eigenvalue weighted by molar-refractivity contribution is 9.10. The third-order valence-electron chi connectivity index (χ3n) is 2.32. The SMILES string of the molecule is CN(C)S(=O)(=O)CCNc1cc(F)c(Br)cc1N. The molecule has 1 rings (SSSR count). The van der Waals surface area contributed by atoms with Gasteiger partial charge in [0.05, 0.1) is 21.6 Å². The topological polar surface area (TPSA) is 75.4 Å². The van der Waals surface area contributed by atoms with Crippen molar-refractivity contribution in [3.8, 4) is 0 Å². The van der Waals surface area contributed by atoms with Crippen molar-refractivity contribution in [1.29, 1.82) is 0 Å². The fourth-order valence-electron chi connectivity index (χ4n) is 1.21. The Labute approximate surface area is 114 Å². The summed E-state index contributed by atoms with van der Waals surface area (Å²) in [5.41, 5.74) is 6.41. The van der Waals surface area contributed by atoms with Crippen molar-refractivity contribution in [3.05, 3.63) is 22.4 Å². The average Bonchev–Trinajstić information content (AvgIpc) is 2.25. The normalized spacial score (nSPS) is 11.8. The minimum Gasteiger partial charge on any atom is -0.397 e. The van der Waals surface area contributed by atoms with Gasteiger partial charge in [0.25, 0.3) is 0 Å². The van der Waals surface area contributed by atoms with E-state index in [-0.39, 0.29) is 16.8 Å². The van der Waals surface area contributed by atoms with Crippen molar-refractivity contribution < 1.29 is 12.8 Å². The van der Waals surface area contributed by atoms with Gasteiger partial charge in [0.15, 0.2) is 0 Å². The second-order valence-electron chi connectivity index (χ2n) is 3.88. The number of halogens is 2. The molecule has 0 fully saturated rings. The van der Waals surface area contributed by atoms with Crippen LogP contribution in [0.1, 0.15) is 0 Å². The number of sulfonamides is 1. The van der Waals surface area contributed by atoms with Crippen LogP contribution < -0.4 is 11.1 Å². The minimum atomic E-state index is -3.27. The van der Waals surface area contributed by atoms with Gasteiger partial charge < -0.3 is 11.1 Å². The fourth-order valence-corrected chi connectivity index (χ4v) is 2.30. The molecule has 0 aromatic heterocycles. The third-order valence-corrected chi connectivity index (χ3v) is 4.76. The summed E-state index contributed by atoms with van der Waals surface area (Å²) in [6, 6.07) is 2.65. The van der Waals surface area contributed by atoms with Gasteiger partial charge in [-0.2, -0.15) is 0 Å². The Kier molecular flexibility index (Phi) is 4.94. The van der Waals surface area contributed by atoms with Gasteiger partial charge in [0.1, 0.15) is 5.82 Å². The van der Waals surface area contributed by atoms with Crippen molar-refractivity contribution in [1.82, 2.24) is 4.31 Å². The van der Waals surface area contributed by atoms with E-state index in [1.807, 2.05) is 0 Å². The lowest BCUT2D eigenvalue weighted by atomic mass is 10.2. The summed E-state index contributed by atoms with van der Waals surface area (Å²) >= 11 is 3.01. The first-order chi connectivity index (χ1) is 8.24. The van der Waals surface area contributed by atoms with E-state index in [2.05, 4.69) is 21.2 Å². The molecule has 3 N–H and O–H groups in total. The van der Waals surface area contributed by atoms with Crippen LogP contribution in [0.15, 0.2) is 16.6 Å². The number of rotatable bonds is 5. The summed E-state index contributed by atoms with van der Waals surface area (Å²) in [5.74, 6) is -0.543. The molecule has 1 aromatic carbocycles. The van der Waals surface area contributed by atoms with Crippen LogP contribution in [-0.2, 0) is 10.0 Å². The maximum atomic E-state index is 13.3. The first-order valence-electron chi connectivity index (χ1n) is 5.12. The zero-order valence-electron chi connectivity index (χ0n) is 10.1. The zero-order chi connectivity index (χ0) is 13.9. The number of anilines is 2. The molecule has 0 aliphatic heterocycles. The molecule has 1 aromatic rings. The van der Waals surface area contributed by atoms with Gasteiger partial charge in [0, 0.05) is 26.7 Å². The van der Waals surface area contributed by atoms with Gasteiger partial charge in [-0.3, -0.25) is 0 Å². The molecule has 0 heterocycles. The zero-order valence-corrected chi connectivity index (χ0v) is 12.5. The molecule has 102 valence electrons. The maximum Gasteiger partial charge on any atom is 0.215 e. The van der Waals surface area contributed by atoms with E-state index in [0.717, 1.165) is 4.31 Å². The molecule has 0 amide bonds. The molecule has 0 saturated carbocycles. The second-order valence-corrected chi connectivity index (χ2v) is 7.04. The van der Waals surface area contributed by atoms with E-state index in [4.69, 9.17) is 5.73 Å². The third kappa shape index (κ3) is 3.82. The Hall–Kier alpha value is -0.860. The van der Waals surface area contributed by atoms with Gasteiger partial charge in [-0.15, -0.1) is 0 Å². The van der Waals surface area contributed by atoms with Crippen LogP contribution in [0.5, 0.6) is 0 Å². The van der Waals surface area contributed by atoms with E-state index in [0.29, 0.717) is 11.4 Å². The van der Waals surface area contributed by atoms with E-state index in [9.17, 15) is 12.8 Å². The largest absolute Gasteiger partial charge is 0.397 e. The Bertz CT molecular complexity index is 534. The van der Waals surface area contributed by atoms with Crippen LogP contribution >= 0.6 is 15.9 Å². The van der Waals surface area contributed by atoms with Gasteiger partial charge in [-0.05, 0) is 22.0 Å². The van der Waals surface area contributed by atoms with E-state index >= 15 is 0 Å². The molecule has 0 saturated heterocycles. The van der Waals surface area contributed by atoms with Crippen molar-refractivity contribution >= 4 is 37.3 Å². The predicted octanol–water partition coefficient (Wildman–Crippen LogP) is 1.47. The van der Waals surface area contributed by atoms with Gasteiger partial charge in [-0.1, -0.05) is 0 Å². The standard InChI is InChI=1S/C10H15BrFN3O2S/c1-15(2)18(16,17)4-3-14-10-6-8(12)7(11)5-9(10)13/h5-6,14H,3-4,13H2,1-2H3. The molecule has 0 spiro atoms. The Balaban J connectivity index is 2.68. The lowest BCUT2D eigenvalue weighted by Gasteiger charge is -2.13. The average molecular weight is 340 g/mol.